The monoisotopic (exact) mass is 337 g/mol. The second kappa shape index (κ2) is 6.49. The SMILES string of the molecule is Cc1nc2sc(C(=O)OC(C)C(=O)NC(C)C)c(C)c2c(=O)[nH]1. The number of fused-ring (bicyclic) bond motifs is 1. The summed E-state index contributed by atoms with van der Waals surface area (Å²) in [6.45, 7) is 8.49. The van der Waals surface area contributed by atoms with Crippen molar-refractivity contribution in [2.45, 2.75) is 46.8 Å². The van der Waals surface area contributed by atoms with Gasteiger partial charge < -0.3 is 15.0 Å². The van der Waals surface area contributed by atoms with Gasteiger partial charge in [0, 0.05) is 6.04 Å². The number of rotatable bonds is 4. The smallest absolute Gasteiger partial charge is 0.349 e. The second-order valence-corrected chi connectivity index (χ2v) is 6.60. The van der Waals surface area contributed by atoms with Crippen LogP contribution in [-0.4, -0.2) is 34.0 Å². The van der Waals surface area contributed by atoms with E-state index in [4.69, 9.17) is 4.74 Å². The first-order valence-corrected chi connectivity index (χ1v) is 8.03. The number of carbonyl (C=O) groups excluding carboxylic acids is 2. The number of nitrogens with one attached hydrogen (secondary N) is 2. The molecule has 23 heavy (non-hydrogen) atoms. The summed E-state index contributed by atoms with van der Waals surface area (Å²) in [6.07, 6.45) is -0.914. The Kier molecular flexibility index (Phi) is 4.84. The third-order valence-corrected chi connectivity index (χ3v) is 4.35. The number of amides is 1. The summed E-state index contributed by atoms with van der Waals surface area (Å²) in [7, 11) is 0. The summed E-state index contributed by atoms with van der Waals surface area (Å²) in [5, 5.41) is 3.06. The van der Waals surface area contributed by atoms with E-state index in [1.54, 1.807) is 13.8 Å². The summed E-state index contributed by atoms with van der Waals surface area (Å²) in [4.78, 5) is 43.7. The molecule has 0 fully saturated rings. The van der Waals surface area contributed by atoms with Gasteiger partial charge in [0.25, 0.3) is 11.5 Å². The summed E-state index contributed by atoms with van der Waals surface area (Å²) in [5.74, 6) is -0.513. The molecule has 7 nitrogen and oxygen atoms in total. The first-order valence-electron chi connectivity index (χ1n) is 7.22. The highest BCUT2D eigenvalue weighted by molar-refractivity contribution is 7.20. The number of hydrogen-bond acceptors (Lipinski definition) is 6. The van der Waals surface area contributed by atoms with Gasteiger partial charge in [-0.2, -0.15) is 0 Å². The van der Waals surface area contributed by atoms with Crippen LogP contribution in [0, 0.1) is 13.8 Å². The van der Waals surface area contributed by atoms with Crippen LogP contribution in [0.15, 0.2) is 4.79 Å². The highest BCUT2D eigenvalue weighted by atomic mass is 32.1. The van der Waals surface area contributed by atoms with Crippen molar-refractivity contribution in [2.75, 3.05) is 0 Å². The molecule has 0 spiro atoms. The van der Waals surface area contributed by atoms with Crippen LogP contribution in [-0.2, 0) is 9.53 Å². The molecule has 0 saturated heterocycles. The maximum absolute atomic E-state index is 12.3. The number of thiophene rings is 1. The molecule has 124 valence electrons. The molecule has 0 bridgehead atoms. The second-order valence-electron chi connectivity index (χ2n) is 5.60. The van der Waals surface area contributed by atoms with Crippen LogP contribution in [0.25, 0.3) is 10.2 Å². The minimum Gasteiger partial charge on any atom is -0.448 e. The van der Waals surface area contributed by atoms with E-state index in [-0.39, 0.29) is 22.4 Å². The standard InChI is InChI=1S/C15H19N3O4S/c1-6(2)16-12(19)8(4)22-15(21)11-7(3)10-13(20)17-9(5)18-14(10)23-11/h6,8H,1-5H3,(H,16,19)(H,17,18,20). The molecule has 0 saturated carbocycles. The van der Waals surface area contributed by atoms with Crippen LogP contribution in [0.4, 0.5) is 0 Å². The van der Waals surface area contributed by atoms with E-state index >= 15 is 0 Å². The molecule has 0 aromatic carbocycles. The number of aryl methyl sites for hydroxylation is 2. The minimum atomic E-state index is -0.914. The summed E-state index contributed by atoms with van der Waals surface area (Å²) >= 11 is 1.09. The number of carbonyl (C=O) groups is 2. The Hall–Kier alpha value is -2.22. The Morgan fingerprint density at radius 1 is 1.26 bits per heavy atom. The van der Waals surface area contributed by atoms with Gasteiger partial charge in [-0.3, -0.25) is 9.59 Å². The van der Waals surface area contributed by atoms with Crippen molar-refractivity contribution in [2.24, 2.45) is 0 Å². The van der Waals surface area contributed by atoms with Crippen molar-refractivity contribution in [1.82, 2.24) is 15.3 Å². The van der Waals surface area contributed by atoms with Crippen molar-refractivity contribution in [1.29, 1.82) is 0 Å². The molecule has 1 unspecified atom stereocenters. The molecule has 0 aliphatic heterocycles. The lowest BCUT2D eigenvalue weighted by molar-refractivity contribution is -0.129. The number of aromatic nitrogens is 2. The van der Waals surface area contributed by atoms with Crippen molar-refractivity contribution >= 4 is 33.4 Å². The summed E-state index contributed by atoms with van der Waals surface area (Å²) < 4.78 is 5.20. The largest absolute Gasteiger partial charge is 0.448 e. The average Bonchev–Trinajstić information content (AvgIpc) is 2.74. The quantitative estimate of drug-likeness (QED) is 0.827. The first-order chi connectivity index (χ1) is 10.7. The number of hydrogen-bond donors (Lipinski definition) is 2. The average molecular weight is 337 g/mol. The van der Waals surface area contributed by atoms with Gasteiger partial charge in [-0.25, -0.2) is 9.78 Å². The van der Waals surface area contributed by atoms with Crippen LogP contribution in [0.2, 0.25) is 0 Å². The lowest BCUT2D eigenvalue weighted by atomic mass is 10.2. The Balaban J connectivity index is 2.28. The van der Waals surface area contributed by atoms with Gasteiger partial charge in [0.15, 0.2) is 6.10 Å². The maximum Gasteiger partial charge on any atom is 0.349 e. The zero-order chi connectivity index (χ0) is 17.3. The predicted octanol–water partition coefficient (Wildman–Crippen LogP) is 1.67. The van der Waals surface area contributed by atoms with Gasteiger partial charge in [0.1, 0.15) is 15.5 Å². The zero-order valence-electron chi connectivity index (χ0n) is 13.6. The Bertz CT molecular complexity index is 822. The Morgan fingerprint density at radius 2 is 1.91 bits per heavy atom. The molecule has 2 heterocycles. The van der Waals surface area contributed by atoms with Gasteiger partial charge in [0.05, 0.1) is 5.39 Å². The van der Waals surface area contributed by atoms with Crippen molar-refractivity contribution in [3.8, 4) is 0 Å². The number of ether oxygens (including phenoxy) is 1. The van der Waals surface area contributed by atoms with E-state index in [2.05, 4.69) is 15.3 Å². The van der Waals surface area contributed by atoms with E-state index in [9.17, 15) is 14.4 Å². The number of H-pyrrole nitrogens is 1. The van der Waals surface area contributed by atoms with Crippen LogP contribution >= 0.6 is 11.3 Å². The highest BCUT2D eigenvalue weighted by Gasteiger charge is 2.24. The molecule has 1 atom stereocenters. The molecule has 2 rings (SSSR count). The summed E-state index contributed by atoms with van der Waals surface area (Å²) in [5.41, 5.74) is 0.228. The zero-order valence-corrected chi connectivity index (χ0v) is 14.5. The number of aromatic amines is 1. The molecule has 0 aliphatic rings. The van der Waals surface area contributed by atoms with Gasteiger partial charge in [-0.05, 0) is 40.2 Å². The Morgan fingerprint density at radius 3 is 2.52 bits per heavy atom. The van der Waals surface area contributed by atoms with Crippen molar-refractivity contribution < 1.29 is 14.3 Å². The fraction of sp³-hybridized carbons (Fsp3) is 0.467. The lowest BCUT2D eigenvalue weighted by Gasteiger charge is -2.15. The summed E-state index contributed by atoms with van der Waals surface area (Å²) in [6, 6.07) is -0.0413. The van der Waals surface area contributed by atoms with E-state index in [0.29, 0.717) is 21.6 Å². The molecule has 0 aliphatic carbocycles. The molecule has 8 heteroatoms. The highest BCUT2D eigenvalue weighted by Crippen LogP contribution is 2.27. The molecule has 2 aromatic rings. The van der Waals surface area contributed by atoms with Gasteiger partial charge in [0.2, 0.25) is 0 Å². The first kappa shape index (κ1) is 17.1. The van der Waals surface area contributed by atoms with Crippen molar-refractivity contribution in [3.63, 3.8) is 0 Å². The number of esters is 1. The van der Waals surface area contributed by atoms with Crippen molar-refractivity contribution in [3.05, 3.63) is 26.6 Å². The van der Waals surface area contributed by atoms with Crippen LogP contribution in [0.5, 0.6) is 0 Å². The van der Waals surface area contributed by atoms with Crippen LogP contribution in [0.3, 0.4) is 0 Å². The Labute approximate surface area is 137 Å². The molecular weight excluding hydrogens is 318 g/mol. The molecule has 2 aromatic heterocycles. The molecular formula is C15H19N3O4S. The molecule has 0 radical (unpaired) electrons. The van der Waals surface area contributed by atoms with Gasteiger partial charge in [-0.1, -0.05) is 0 Å². The molecule has 2 N–H and O–H groups in total. The van der Waals surface area contributed by atoms with E-state index < -0.39 is 12.1 Å². The third kappa shape index (κ3) is 3.58. The maximum atomic E-state index is 12.3. The van der Waals surface area contributed by atoms with Crippen LogP contribution < -0.4 is 10.9 Å². The fourth-order valence-corrected chi connectivity index (χ4v) is 3.23. The van der Waals surface area contributed by atoms with E-state index in [1.807, 2.05) is 13.8 Å². The number of nitrogens with zero attached hydrogens (tertiary/aromatic N) is 1. The molecule has 1 amide bonds. The fourth-order valence-electron chi connectivity index (χ4n) is 2.12. The van der Waals surface area contributed by atoms with E-state index in [0.717, 1.165) is 11.3 Å². The predicted molar refractivity (Wildman–Crippen MR) is 87.9 cm³/mol. The third-order valence-electron chi connectivity index (χ3n) is 3.19. The lowest BCUT2D eigenvalue weighted by Crippen LogP contribution is -2.39. The minimum absolute atomic E-state index is 0.0413. The normalized spacial score (nSPS) is 12.4. The van der Waals surface area contributed by atoms with Crippen LogP contribution in [0.1, 0.15) is 41.8 Å². The van der Waals surface area contributed by atoms with Gasteiger partial charge in [-0.15, -0.1) is 11.3 Å². The van der Waals surface area contributed by atoms with Gasteiger partial charge >= 0.3 is 5.97 Å². The topological polar surface area (TPSA) is 101 Å². The van der Waals surface area contributed by atoms with E-state index in [1.165, 1.54) is 6.92 Å².